The predicted octanol–water partition coefficient (Wildman–Crippen LogP) is 2.68. The fraction of sp³-hybridized carbons (Fsp3) is 0.273. The lowest BCUT2D eigenvalue weighted by Crippen LogP contribution is -2.32. The van der Waals surface area contributed by atoms with Gasteiger partial charge >= 0.3 is 5.97 Å². The lowest BCUT2D eigenvalue weighted by molar-refractivity contribution is -0.144. The van der Waals surface area contributed by atoms with Gasteiger partial charge in [-0.3, -0.25) is 0 Å². The number of hydrogen-bond acceptors (Lipinski definition) is 3. The number of carbonyl (C=O) groups excluding carboxylic acids is 1. The third kappa shape index (κ3) is 2.29. The van der Waals surface area contributed by atoms with E-state index in [0.29, 0.717) is 0 Å². The first-order valence-corrected chi connectivity index (χ1v) is 5.30. The summed E-state index contributed by atoms with van der Waals surface area (Å²) in [6.45, 7) is 1.24. The highest BCUT2D eigenvalue weighted by atomic mass is 79.9. The van der Waals surface area contributed by atoms with E-state index in [2.05, 4.69) is 20.7 Å². The van der Waals surface area contributed by atoms with E-state index in [1.807, 2.05) is 0 Å². The highest BCUT2D eigenvalue weighted by molar-refractivity contribution is 9.10. The molecular formula is C11H8BrF2NO2. The second kappa shape index (κ2) is 4.80. The summed E-state index contributed by atoms with van der Waals surface area (Å²) in [7, 11) is 1.10. The number of carbonyl (C=O) groups is 1. The summed E-state index contributed by atoms with van der Waals surface area (Å²) in [4.78, 5) is 11.5. The van der Waals surface area contributed by atoms with Crippen LogP contribution in [0.2, 0.25) is 0 Å². The number of ether oxygens (including phenoxy) is 1. The lowest BCUT2D eigenvalue weighted by atomic mass is 9.84. The zero-order valence-electron chi connectivity index (χ0n) is 9.05. The van der Waals surface area contributed by atoms with Crippen molar-refractivity contribution in [2.24, 2.45) is 0 Å². The lowest BCUT2D eigenvalue weighted by Gasteiger charge is -2.19. The van der Waals surface area contributed by atoms with Crippen molar-refractivity contribution in [2.75, 3.05) is 7.11 Å². The molecule has 17 heavy (non-hydrogen) atoms. The fourth-order valence-corrected chi connectivity index (χ4v) is 1.51. The molecule has 6 heteroatoms. The maximum absolute atomic E-state index is 13.3. The Hall–Kier alpha value is -1.48. The molecule has 1 atom stereocenters. The molecule has 0 aliphatic carbocycles. The summed E-state index contributed by atoms with van der Waals surface area (Å²) in [6.07, 6.45) is 0. The van der Waals surface area contributed by atoms with E-state index >= 15 is 0 Å². The number of hydrogen-bond donors (Lipinski definition) is 0. The van der Waals surface area contributed by atoms with E-state index in [1.165, 1.54) is 6.92 Å². The average Bonchev–Trinajstić information content (AvgIpc) is 2.33. The molecule has 1 aromatic rings. The van der Waals surface area contributed by atoms with Gasteiger partial charge in [0.2, 0.25) is 0 Å². The Morgan fingerprint density at radius 3 is 2.29 bits per heavy atom. The van der Waals surface area contributed by atoms with Crippen LogP contribution in [0.4, 0.5) is 8.78 Å². The Balaban J connectivity index is 3.42. The SMILES string of the molecule is COC(=O)C(C)(C#N)c1cc(F)c(Br)c(F)c1. The topological polar surface area (TPSA) is 50.1 Å². The summed E-state index contributed by atoms with van der Waals surface area (Å²) in [6, 6.07) is 3.54. The van der Waals surface area contributed by atoms with Crippen molar-refractivity contribution in [1.29, 1.82) is 5.26 Å². The van der Waals surface area contributed by atoms with Gasteiger partial charge in [-0.15, -0.1) is 0 Å². The Bertz CT molecular complexity index is 490. The Kier molecular flexibility index (Phi) is 3.83. The molecule has 0 N–H and O–H groups in total. The Morgan fingerprint density at radius 1 is 1.47 bits per heavy atom. The van der Waals surface area contributed by atoms with Crippen molar-refractivity contribution in [1.82, 2.24) is 0 Å². The van der Waals surface area contributed by atoms with E-state index in [0.717, 1.165) is 19.2 Å². The van der Waals surface area contributed by atoms with Crippen molar-refractivity contribution in [3.63, 3.8) is 0 Å². The van der Waals surface area contributed by atoms with Gasteiger partial charge in [-0.25, -0.2) is 13.6 Å². The quantitative estimate of drug-likeness (QED) is 0.623. The molecule has 0 aliphatic heterocycles. The van der Waals surface area contributed by atoms with Crippen LogP contribution < -0.4 is 0 Å². The van der Waals surface area contributed by atoms with Gasteiger partial charge < -0.3 is 4.74 Å². The molecule has 0 saturated heterocycles. The van der Waals surface area contributed by atoms with Crippen LogP contribution >= 0.6 is 15.9 Å². The molecule has 0 radical (unpaired) electrons. The first kappa shape index (κ1) is 13.6. The third-order valence-electron chi connectivity index (χ3n) is 2.38. The molecule has 0 spiro atoms. The molecule has 0 amide bonds. The first-order valence-electron chi connectivity index (χ1n) is 4.51. The van der Waals surface area contributed by atoms with Crippen molar-refractivity contribution in [2.45, 2.75) is 12.3 Å². The molecule has 0 aromatic heterocycles. The molecule has 3 nitrogen and oxygen atoms in total. The van der Waals surface area contributed by atoms with Crippen LogP contribution in [-0.2, 0) is 14.9 Å². The van der Waals surface area contributed by atoms with Gasteiger partial charge in [0.1, 0.15) is 11.6 Å². The fourth-order valence-electron chi connectivity index (χ4n) is 1.28. The summed E-state index contributed by atoms with van der Waals surface area (Å²) >= 11 is 2.71. The monoisotopic (exact) mass is 303 g/mol. The van der Waals surface area contributed by atoms with Gasteiger partial charge in [-0.2, -0.15) is 5.26 Å². The van der Waals surface area contributed by atoms with Crippen LogP contribution in [0.1, 0.15) is 12.5 Å². The average molecular weight is 304 g/mol. The molecule has 0 aliphatic rings. The normalized spacial score (nSPS) is 13.6. The molecular weight excluding hydrogens is 296 g/mol. The van der Waals surface area contributed by atoms with E-state index < -0.39 is 23.0 Å². The van der Waals surface area contributed by atoms with Crippen LogP contribution in [0, 0.1) is 23.0 Å². The number of nitriles is 1. The molecule has 90 valence electrons. The molecule has 1 rings (SSSR count). The van der Waals surface area contributed by atoms with Crippen LogP contribution in [-0.4, -0.2) is 13.1 Å². The van der Waals surface area contributed by atoms with Crippen molar-refractivity contribution in [3.8, 4) is 6.07 Å². The molecule has 0 bridgehead atoms. The summed E-state index contributed by atoms with van der Waals surface area (Å²) in [5.74, 6) is -2.64. The van der Waals surface area contributed by atoms with Gasteiger partial charge in [0.05, 0.1) is 17.7 Å². The minimum absolute atomic E-state index is 0.0925. The van der Waals surface area contributed by atoms with Crippen molar-refractivity contribution in [3.05, 3.63) is 33.8 Å². The zero-order chi connectivity index (χ0) is 13.2. The van der Waals surface area contributed by atoms with E-state index in [4.69, 9.17) is 5.26 Å². The molecule has 0 saturated carbocycles. The molecule has 0 fully saturated rings. The minimum atomic E-state index is -1.74. The predicted molar refractivity (Wildman–Crippen MR) is 59.0 cm³/mol. The van der Waals surface area contributed by atoms with Crippen molar-refractivity contribution >= 4 is 21.9 Å². The Morgan fingerprint density at radius 2 is 1.94 bits per heavy atom. The van der Waals surface area contributed by atoms with Crippen LogP contribution in [0.5, 0.6) is 0 Å². The second-order valence-corrected chi connectivity index (χ2v) is 4.28. The molecule has 0 heterocycles. The maximum atomic E-state index is 13.3. The van der Waals surface area contributed by atoms with E-state index in [-0.39, 0.29) is 10.0 Å². The van der Waals surface area contributed by atoms with Gasteiger partial charge in [-0.05, 0) is 40.5 Å². The van der Waals surface area contributed by atoms with Gasteiger partial charge in [0.25, 0.3) is 0 Å². The van der Waals surface area contributed by atoms with Crippen molar-refractivity contribution < 1.29 is 18.3 Å². The van der Waals surface area contributed by atoms with Crippen LogP contribution in [0.25, 0.3) is 0 Å². The number of benzene rings is 1. The van der Waals surface area contributed by atoms with E-state index in [1.54, 1.807) is 6.07 Å². The molecule has 1 aromatic carbocycles. The molecule has 1 unspecified atom stereocenters. The summed E-state index contributed by atoms with van der Waals surface area (Å²) in [5, 5.41) is 8.98. The third-order valence-corrected chi connectivity index (χ3v) is 3.14. The Labute approximate surface area is 105 Å². The number of methoxy groups -OCH3 is 1. The van der Waals surface area contributed by atoms with Crippen LogP contribution in [0.3, 0.4) is 0 Å². The zero-order valence-corrected chi connectivity index (χ0v) is 10.6. The smallest absolute Gasteiger partial charge is 0.330 e. The second-order valence-electron chi connectivity index (χ2n) is 3.48. The summed E-state index contributed by atoms with van der Waals surface area (Å²) < 4.78 is 30.8. The standard InChI is InChI=1S/C11H8BrF2NO2/c1-11(5-15,10(16)17-2)6-3-7(13)9(12)8(14)4-6/h3-4H,1-2H3. The van der Waals surface area contributed by atoms with Gasteiger partial charge in [-0.1, -0.05) is 0 Å². The number of rotatable bonds is 2. The first-order chi connectivity index (χ1) is 7.86. The van der Waals surface area contributed by atoms with Crippen LogP contribution in [0.15, 0.2) is 16.6 Å². The minimum Gasteiger partial charge on any atom is -0.468 e. The highest BCUT2D eigenvalue weighted by Gasteiger charge is 2.38. The van der Waals surface area contributed by atoms with E-state index in [9.17, 15) is 13.6 Å². The number of nitrogens with zero attached hydrogens (tertiary/aromatic N) is 1. The van der Waals surface area contributed by atoms with Gasteiger partial charge in [0, 0.05) is 0 Å². The maximum Gasteiger partial charge on any atom is 0.330 e. The number of esters is 1. The largest absolute Gasteiger partial charge is 0.468 e. The highest BCUT2D eigenvalue weighted by Crippen LogP contribution is 2.29. The number of halogens is 3. The van der Waals surface area contributed by atoms with Gasteiger partial charge in [0.15, 0.2) is 5.41 Å². The summed E-state index contributed by atoms with van der Waals surface area (Å²) in [5.41, 5.74) is -1.83.